The van der Waals surface area contributed by atoms with E-state index in [2.05, 4.69) is 4.18 Å². The van der Waals surface area contributed by atoms with Gasteiger partial charge in [-0.2, -0.15) is 0 Å². The van der Waals surface area contributed by atoms with Crippen molar-refractivity contribution in [2.45, 2.75) is 12.8 Å². The Labute approximate surface area is 52.8 Å². The molecule has 0 aromatic heterocycles. The number of carbonyl (C=O) groups excluding carboxylic acids is 1. The van der Waals surface area contributed by atoms with Crippen LogP contribution in [0.4, 0.5) is 0 Å². The van der Waals surface area contributed by atoms with Gasteiger partial charge in [-0.3, -0.25) is 4.79 Å². The van der Waals surface area contributed by atoms with Crippen LogP contribution in [-0.2, 0) is 8.98 Å². The predicted molar refractivity (Wildman–Crippen MR) is 32.3 cm³/mol. The fraction of sp³-hybridized carbons (Fsp3) is 0.800. The fourth-order valence-electron chi connectivity index (χ4n) is 0.469. The summed E-state index contributed by atoms with van der Waals surface area (Å²) in [5, 5.41) is 0. The zero-order valence-electron chi connectivity index (χ0n) is 4.72. The molecule has 1 aliphatic carbocycles. The summed E-state index contributed by atoms with van der Waals surface area (Å²) in [7, 11) is 0. The molecule has 1 aliphatic rings. The van der Waals surface area contributed by atoms with Crippen molar-refractivity contribution in [2.24, 2.45) is 5.92 Å². The molecule has 2 nitrogen and oxygen atoms in total. The van der Waals surface area contributed by atoms with Crippen LogP contribution in [0.25, 0.3) is 0 Å². The molecule has 0 unspecified atom stereocenters. The Kier molecular flexibility index (Phi) is 1.78. The first-order valence-corrected chi connectivity index (χ1v) is 3.74. The summed E-state index contributed by atoms with van der Waals surface area (Å²) in [6.45, 7) is 0. The van der Waals surface area contributed by atoms with Gasteiger partial charge in [0.2, 0.25) is 0 Å². The van der Waals surface area contributed by atoms with Crippen LogP contribution in [-0.4, -0.2) is 12.2 Å². The maximum Gasteiger partial charge on any atom is 0.320 e. The average Bonchev–Trinajstić information content (AvgIpc) is 2.45. The Morgan fingerprint density at radius 1 is 1.75 bits per heavy atom. The summed E-state index contributed by atoms with van der Waals surface area (Å²) in [4.78, 5) is 10.6. The molecule has 1 rings (SSSR count). The molecular formula is C5H8O2S. The van der Waals surface area contributed by atoms with Crippen molar-refractivity contribution in [3.05, 3.63) is 0 Å². The van der Waals surface area contributed by atoms with Gasteiger partial charge in [-0.25, -0.2) is 0 Å². The third-order valence-electron chi connectivity index (χ3n) is 1.08. The van der Waals surface area contributed by atoms with Crippen molar-refractivity contribution in [1.29, 1.82) is 0 Å². The van der Waals surface area contributed by atoms with Crippen LogP contribution >= 0.6 is 12.0 Å². The van der Waals surface area contributed by atoms with E-state index in [0.29, 0.717) is 0 Å². The monoisotopic (exact) mass is 132 g/mol. The van der Waals surface area contributed by atoms with E-state index in [1.165, 1.54) is 0 Å². The molecule has 3 heteroatoms. The predicted octanol–water partition coefficient (Wildman–Crippen LogP) is 1.22. The lowest BCUT2D eigenvalue weighted by Crippen LogP contribution is -1.99. The molecule has 0 spiro atoms. The molecule has 0 amide bonds. The lowest BCUT2D eigenvalue weighted by Gasteiger charge is -1.92. The first kappa shape index (κ1) is 5.95. The van der Waals surface area contributed by atoms with E-state index in [1.54, 1.807) is 6.26 Å². The second-order valence-electron chi connectivity index (χ2n) is 1.84. The topological polar surface area (TPSA) is 26.3 Å². The third-order valence-corrected chi connectivity index (χ3v) is 1.41. The lowest BCUT2D eigenvalue weighted by molar-refractivity contribution is -0.134. The summed E-state index contributed by atoms with van der Waals surface area (Å²) >= 11 is 1.13. The lowest BCUT2D eigenvalue weighted by atomic mass is 10.5. The number of hydrogen-bond acceptors (Lipinski definition) is 3. The largest absolute Gasteiger partial charge is 0.391 e. The smallest absolute Gasteiger partial charge is 0.320 e. The van der Waals surface area contributed by atoms with Crippen LogP contribution in [0, 0.1) is 5.92 Å². The van der Waals surface area contributed by atoms with Gasteiger partial charge in [0.25, 0.3) is 0 Å². The van der Waals surface area contributed by atoms with Crippen molar-refractivity contribution < 1.29 is 8.98 Å². The molecule has 0 heterocycles. The molecule has 0 radical (unpaired) electrons. The minimum absolute atomic E-state index is 0.0440. The zero-order chi connectivity index (χ0) is 5.98. The maximum absolute atomic E-state index is 10.6. The second-order valence-corrected chi connectivity index (χ2v) is 2.34. The Hall–Kier alpha value is -0.180. The Morgan fingerprint density at radius 3 is 2.75 bits per heavy atom. The van der Waals surface area contributed by atoms with E-state index in [0.717, 1.165) is 24.9 Å². The van der Waals surface area contributed by atoms with E-state index in [4.69, 9.17) is 0 Å². The van der Waals surface area contributed by atoms with Gasteiger partial charge in [0.1, 0.15) is 0 Å². The highest BCUT2D eigenvalue weighted by Crippen LogP contribution is 2.30. The Bertz CT molecular complexity index is 98.6. The first-order chi connectivity index (χ1) is 3.84. The van der Waals surface area contributed by atoms with Crippen LogP contribution < -0.4 is 0 Å². The van der Waals surface area contributed by atoms with Gasteiger partial charge in [-0.15, -0.1) is 0 Å². The van der Waals surface area contributed by atoms with E-state index in [1.807, 2.05) is 0 Å². The quantitative estimate of drug-likeness (QED) is 0.528. The highest BCUT2D eigenvalue weighted by molar-refractivity contribution is 7.94. The van der Waals surface area contributed by atoms with Gasteiger partial charge in [0, 0.05) is 6.26 Å². The minimum Gasteiger partial charge on any atom is -0.391 e. The molecule has 46 valence electrons. The highest BCUT2D eigenvalue weighted by atomic mass is 32.2. The van der Waals surface area contributed by atoms with Crippen LogP contribution in [0.15, 0.2) is 0 Å². The van der Waals surface area contributed by atoms with E-state index >= 15 is 0 Å². The van der Waals surface area contributed by atoms with Gasteiger partial charge >= 0.3 is 5.97 Å². The van der Waals surface area contributed by atoms with Gasteiger partial charge in [-0.1, -0.05) is 0 Å². The molecule has 1 saturated carbocycles. The summed E-state index contributed by atoms with van der Waals surface area (Å²) in [5.41, 5.74) is 0. The Balaban J connectivity index is 2.13. The standard InChI is InChI=1S/C5H8O2S/c1-8-7-5(6)4-2-3-4/h4H,2-3H2,1H3. The normalized spacial score (nSPS) is 18.1. The zero-order valence-corrected chi connectivity index (χ0v) is 5.53. The fourth-order valence-corrected chi connectivity index (χ4v) is 0.770. The van der Waals surface area contributed by atoms with Crippen LogP contribution in [0.2, 0.25) is 0 Å². The van der Waals surface area contributed by atoms with Gasteiger partial charge in [0.15, 0.2) is 0 Å². The maximum atomic E-state index is 10.6. The van der Waals surface area contributed by atoms with Gasteiger partial charge in [0.05, 0.1) is 18.0 Å². The van der Waals surface area contributed by atoms with Gasteiger partial charge < -0.3 is 4.18 Å². The number of carbonyl (C=O) groups is 1. The Morgan fingerprint density at radius 2 is 2.38 bits per heavy atom. The molecular weight excluding hydrogens is 124 g/mol. The van der Waals surface area contributed by atoms with Crippen molar-refractivity contribution >= 4 is 18.0 Å². The second kappa shape index (κ2) is 2.40. The highest BCUT2D eigenvalue weighted by Gasteiger charge is 2.31. The molecule has 1 fully saturated rings. The molecule has 0 atom stereocenters. The van der Waals surface area contributed by atoms with Crippen molar-refractivity contribution in [3.8, 4) is 0 Å². The molecule has 8 heavy (non-hydrogen) atoms. The van der Waals surface area contributed by atoms with Crippen LogP contribution in [0.1, 0.15) is 12.8 Å². The molecule has 0 aromatic rings. The number of hydrogen-bond donors (Lipinski definition) is 0. The van der Waals surface area contributed by atoms with Crippen LogP contribution in [0.3, 0.4) is 0 Å². The SMILES string of the molecule is CSOC(=O)C1CC1. The number of rotatable bonds is 2. The third kappa shape index (κ3) is 1.40. The minimum atomic E-state index is -0.0440. The van der Waals surface area contributed by atoms with Crippen molar-refractivity contribution in [1.82, 2.24) is 0 Å². The van der Waals surface area contributed by atoms with E-state index in [-0.39, 0.29) is 11.9 Å². The average molecular weight is 132 g/mol. The summed E-state index contributed by atoms with van der Waals surface area (Å²) in [6.07, 6.45) is 3.80. The molecule has 0 saturated heterocycles. The first-order valence-electron chi connectivity index (χ1n) is 2.59. The van der Waals surface area contributed by atoms with E-state index in [9.17, 15) is 4.79 Å². The van der Waals surface area contributed by atoms with Crippen LogP contribution in [0.5, 0.6) is 0 Å². The van der Waals surface area contributed by atoms with E-state index < -0.39 is 0 Å². The van der Waals surface area contributed by atoms with Gasteiger partial charge in [-0.05, 0) is 12.8 Å². The molecule has 0 aliphatic heterocycles. The van der Waals surface area contributed by atoms with Crippen molar-refractivity contribution in [3.63, 3.8) is 0 Å². The molecule has 0 aromatic carbocycles. The summed E-state index contributed by atoms with van der Waals surface area (Å²) < 4.78 is 4.64. The molecule has 0 bridgehead atoms. The summed E-state index contributed by atoms with van der Waals surface area (Å²) in [6, 6.07) is 0. The van der Waals surface area contributed by atoms with Crippen molar-refractivity contribution in [2.75, 3.05) is 6.26 Å². The molecule has 0 N–H and O–H groups in total. The summed E-state index contributed by atoms with van der Waals surface area (Å²) in [5.74, 6) is 0.194.